The quantitative estimate of drug-likeness (QED) is 0.306. The monoisotopic (exact) mass is 521 g/mol. The van der Waals surface area contributed by atoms with Crippen molar-refractivity contribution in [3.05, 3.63) is 57.9 Å². The summed E-state index contributed by atoms with van der Waals surface area (Å²) in [5.74, 6) is -0.403. The molecule has 2 aromatic carbocycles. The van der Waals surface area contributed by atoms with Crippen LogP contribution in [0.4, 0.5) is 0 Å². The lowest BCUT2D eigenvalue weighted by atomic mass is 10.2. The highest BCUT2D eigenvalue weighted by atomic mass is 35.5. The van der Waals surface area contributed by atoms with Gasteiger partial charge in [0.05, 0.1) is 15.1 Å². The van der Waals surface area contributed by atoms with E-state index in [-0.39, 0.29) is 4.90 Å². The number of amides is 1. The van der Waals surface area contributed by atoms with E-state index in [9.17, 15) is 13.2 Å². The number of fused-ring (bicyclic) bond motifs is 1. The van der Waals surface area contributed by atoms with Gasteiger partial charge in [-0.1, -0.05) is 56.6 Å². The minimum absolute atomic E-state index is 0.203. The molecule has 0 aliphatic heterocycles. The maximum absolute atomic E-state index is 13.2. The van der Waals surface area contributed by atoms with E-state index in [0.717, 1.165) is 48.9 Å². The van der Waals surface area contributed by atoms with Gasteiger partial charge < -0.3 is 4.57 Å². The first-order valence-electron chi connectivity index (χ1n) is 11.8. The zero-order chi connectivity index (χ0) is 24.7. The Morgan fingerprint density at radius 1 is 1.00 bits per heavy atom. The van der Waals surface area contributed by atoms with E-state index in [1.165, 1.54) is 23.5 Å². The summed E-state index contributed by atoms with van der Waals surface area (Å²) in [6, 6.07) is 11.8. The molecule has 34 heavy (non-hydrogen) atoms. The van der Waals surface area contributed by atoms with E-state index in [1.54, 1.807) is 16.4 Å². The fraction of sp³-hybridized carbons (Fsp3) is 0.440. The number of carbonyl (C=O) groups excluding carboxylic acids is 1. The van der Waals surface area contributed by atoms with Crippen LogP contribution in [0.5, 0.6) is 0 Å². The number of benzene rings is 2. The van der Waals surface area contributed by atoms with Crippen LogP contribution in [0.15, 0.2) is 52.4 Å². The maximum atomic E-state index is 13.2. The van der Waals surface area contributed by atoms with Gasteiger partial charge in [0.15, 0.2) is 4.80 Å². The fourth-order valence-corrected chi connectivity index (χ4v) is 6.51. The van der Waals surface area contributed by atoms with Gasteiger partial charge in [-0.25, -0.2) is 8.42 Å². The number of sulfonamides is 1. The number of aromatic nitrogens is 1. The number of rotatable bonds is 11. The van der Waals surface area contributed by atoms with E-state index in [2.05, 4.69) is 11.9 Å². The van der Waals surface area contributed by atoms with Crippen LogP contribution in [0.3, 0.4) is 0 Å². The molecule has 184 valence electrons. The second kappa shape index (κ2) is 12.1. The summed E-state index contributed by atoms with van der Waals surface area (Å²) < 4.78 is 30.9. The fourth-order valence-electron chi connectivity index (χ4n) is 3.66. The number of unbranched alkanes of at least 4 members (excludes halogenated alkanes) is 2. The predicted octanol–water partition coefficient (Wildman–Crippen LogP) is 6.10. The molecule has 0 bridgehead atoms. The SMILES string of the molecule is CCCCN(CCCC)S(=O)(=O)c1ccc(C(=O)N=c2sc3cc(Cl)ccc3n2CCC)cc1. The lowest BCUT2D eigenvalue weighted by Gasteiger charge is -2.22. The molecule has 3 aromatic rings. The van der Waals surface area contributed by atoms with Crippen LogP contribution < -0.4 is 4.80 Å². The highest BCUT2D eigenvalue weighted by Crippen LogP contribution is 2.23. The molecule has 0 spiro atoms. The van der Waals surface area contributed by atoms with Gasteiger partial charge in [-0.15, -0.1) is 0 Å². The molecule has 6 nitrogen and oxygen atoms in total. The number of carbonyl (C=O) groups is 1. The molecule has 0 saturated carbocycles. The molecule has 1 amide bonds. The van der Waals surface area contributed by atoms with Crippen molar-refractivity contribution in [2.45, 2.75) is 64.3 Å². The Balaban J connectivity index is 1.90. The highest BCUT2D eigenvalue weighted by Gasteiger charge is 2.23. The van der Waals surface area contributed by atoms with Gasteiger partial charge in [0.1, 0.15) is 0 Å². The molecule has 9 heteroatoms. The van der Waals surface area contributed by atoms with Crippen molar-refractivity contribution >= 4 is 49.1 Å². The van der Waals surface area contributed by atoms with Gasteiger partial charge in [0.2, 0.25) is 10.0 Å². The summed E-state index contributed by atoms with van der Waals surface area (Å²) in [6.45, 7) is 7.90. The Morgan fingerprint density at radius 2 is 1.65 bits per heavy atom. The summed E-state index contributed by atoms with van der Waals surface area (Å²) in [5.41, 5.74) is 1.34. The number of hydrogen-bond donors (Lipinski definition) is 0. The molecule has 0 radical (unpaired) electrons. The summed E-state index contributed by atoms with van der Waals surface area (Å²) in [6.07, 6.45) is 4.38. The van der Waals surface area contributed by atoms with Crippen LogP contribution in [0.1, 0.15) is 63.2 Å². The number of hydrogen-bond acceptors (Lipinski definition) is 4. The molecular formula is C25H32ClN3O3S2. The molecule has 0 unspecified atom stereocenters. The van der Waals surface area contributed by atoms with Crippen molar-refractivity contribution in [3.63, 3.8) is 0 Å². The van der Waals surface area contributed by atoms with Crippen molar-refractivity contribution in [3.8, 4) is 0 Å². The van der Waals surface area contributed by atoms with Crippen molar-refractivity contribution in [2.24, 2.45) is 4.99 Å². The first kappa shape index (κ1) is 26.6. The lowest BCUT2D eigenvalue weighted by Crippen LogP contribution is -2.33. The number of thiazole rings is 1. The van der Waals surface area contributed by atoms with Gasteiger partial charge in [0, 0.05) is 30.2 Å². The van der Waals surface area contributed by atoms with Crippen LogP contribution in [0.2, 0.25) is 5.02 Å². The van der Waals surface area contributed by atoms with Crippen LogP contribution in [-0.4, -0.2) is 36.3 Å². The van der Waals surface area contributed by atoms with Gasteiger partial charge in [-0.3, -0.25) is 4.79 Å². The van der Waals surface area contributed by atoms with E-state index < -0.39 is 15.9 Å². The average molecular weight is 522 g/mol. The highest BCUT2D eigenvalue weighted by molar-refractivity contribution is 7.89. The molecule has 0 aliphatic rings. The average Bonchev–Trinajstić information content (AvgIpc) is 3.15. The maximum Gasteiger partial charge on any atom is 0.279 e. The molecule has 1 heterocycles. The second-order valence-corrected chi connectivity index (χ2v) is 11.6. The minimum Gasteiger partial charge on any atom is -0.316 e. The van der Waals surface area contributed by atoms with Crippen molar-refractivity contribution in [2.75, 3.05) is 13.1 Å². The zero-order valence-electron chi connectivity index (χ0n) is 20.0. The smallest absolute Gasteiger partial charge is 0.279 e. The van der Waals surface area contributed by atoms with Gasteiger partial charge >= 0.3 is 0 Å². The second-order valence-electron chi connectivity index (χ2n) is 8.20. The van der Waals surface area contributed by atoms with Gasteiger partial charge in [0.25, 0.3) is 5.91 Å². The predicted molar refractivity (Wildman–Crippen MR) is 140 cm³/mol. The first-order valence-corrected chi connectivity index (χ1v) is 14.4. The Kier molecular flexibility index (Phi) is 9.47. The molecule has 0 N–H and O–H groups in total. The Bertz CT molecular complexity index is 1290. The lowest BCUT2D eigenvalue weighted by molar-refractivity contribution is 0.0997. The number of aryl methyl sites for hydroxylation is 1. The van der Waals surface area contributed by atoms with Gasteiger partial charge in [-0.05, 0) is 61.7 Å². The molecule has 0 atom stereocenters. The van der Waals surface area contributed by atoms with Crippen LogP contribution in [-0.2, 0) is 16.6 Å². The third-order valence-corrected chi connectivity index (χ3v) is 8.74. The van der Waals surface area contributed by atoms with E-state index >= 15 is 0 Å². The summed E-state index contributed by atoms with van der Waals surface area (Å²) >= 11 is 7.55. The normalized spacial score (nSPS) is 12.7. The topological polar surface area (TPSA) is 71.7 Å². The largest absolute Gasteiger partial charge is 0.316 e. The van der Waals surface area contributed by atoms with Crippen molar-refractivity contribution in [1.29, 1.82) is 0 Å². The summed E-state index contributed by atoms with van der Waals surface area (Å²) in [4.78, 5) is 18.1. The Labute approximate surface area is 211 Å². The van der Waals surface area contributed by atoms with Gasteiger partial charge in [-0.2, -0.15) is 9.30 Å². The Hall–Kier alpha value is -2.00. The standard InChI is InChI=1S/C25H32ClN3O3S2/c1-4-7-16-28(17-8-5-2)34(31,32)21-12-9-19(10-13-21)24(30)27-25-29(15-6-3)22-14-11-20(26)18-23(22)33-25/h9-14,18H,4-8,15-17H2,1-3H3. The summed E-state index contributed by atoms with van der Waals surface area (Å²) in [5, 5.41) is 0.638. The number of nitrogens with zero attached hydrogens (tertiary/aromatic N) is 3. The third-order valence-electron chi connectivity index (χ3n) is 5.55. The van der Waals surface area contributed by atoms with Crippen LogP contribution in [0.25, 0.3) is 10.2 Å². The zero-order valence-corrected chi connectivity index (χ0v) is 22.3. The molecule has 0 saturated heterocycles. The number of halogens is 1. The minimum atomic E-state index is -3.61. The van der Waals surface area contributed by atoms with E-state index in [0.29, 0.717) is 28.5 Å². The van der Waals surface area contributed by atoms with E-state index in [1.807, 2.05) is 36.6 Å². The first-order chi connectivity index (χ1) is 16.3. The molecule has 1 aromatic heterocycles. The molecular weight excluding hydrogens is 490 g/mol. The molecule has 0 aliphatic carbocycles. The Morgan fingerprint density at radius 3 is 2.24 bits per heavy atom. The van der Waals surface area contributed by atoms with Crippen molar-refractivity contribution in [1.82, 2.24) is 8.87 Å². The van der Waals surface area contributed by atoms with Crippen LogP contribution in [0, 0.1) is 0 Å². The molecule has 0 fully saturated rings. The van der Waals surface area contributed by atoms with Crippen molar-refractivity contribution < 1.29 is 13.2 Å². The summed E-state index contributed by atoms with van der Waals surface area (Å²) in [7, 11) is -3.61. The third kappa shape index (κ3) is 6.16. The molecule has 3 rings (SSSR count). The van der Waals surface area contributed by atoms with E-state index in [4.69, 9.17) is 11.6 Å². The van der Waals surface area contributed by atoms with Crippen LogP contribution >= 0.6 is 22.9 Å².